The lowest BCUT2D eigenvalue weighted by molar-refractivity contribution is -0.0591. The van der Waals surface area contributed by atoms with E-state index in [-0.39, 0.29) is 5.82 Å². The van der Waals surface area contributed by atoms with E-state index in [1.165, 1.54) is 12.1 Å². The molecule has 1 heterocycles. The van der Waals surface area contributed by atoms with Crippen molar-refractivity contribution in [3.8, 4) is 0 Å². The summed E-state index contributed by atoms with van der Waals surface area (Å²) in [7, 11) is 0. The predicted octanol–water partition coefficient (Wildman–Crippen LogP) is 3.01. The Bertz CT molecular complexity index is 490. The van der Waals surface area contributed by atoms with E-state index < -0.39 is 0 Å². The number of hydrogen-bond acceptors (Lipinski definition) is 3. The van der Waals surface area contributed by atoms with E-state index in [1.54, 1.807) is 6.08 Å². The standard InChI is InChI=1S/C18H24FNO2/c1-2-8-21-13-15-10-17-18(11-15)22-9-7-20(17)12-14-3-5-16(19)6-4-14/h2-6,15,17-18H,1,7-13H2/t15-,17-,18-/m0/s1. The summed E-state index contributed by atoms with van der Waals surface area (Å²) in [6.45, 7) is 7.67. The molecule has 0 amide bonds. The van der Waals surface area contributed by atoms with E-state index in [4.69, 9.17) is 9.47 Å². The van der Waals surface area contributed by atoms with E-state index >= 15 is 0 Å². The Morgan fingerprint density at radius 3 is 2.91 bits per heavy atom. The van der Waals surface area contributed by atoms with Gasteiger partial charge >= 0.3 is 0 Å². The van der Waals surface area contributed by atoms with E-state index in [1.807, 2.05) is 12.1 Å². The van der Waals surface area contributed by atoms with Crippen molar-refractivity contribution in [1.29, 1.82) is 0 Å². The van der Waals surface area contributed by atoms with Crippen LogP contribution in [0.2, 0.25) is 0 Å². The van der Waals surface area contributed by atoms with Crippen LogP contribution in [0.5, 0.6) is 0 Å². The fourth-order valence-electron chi connectivity index (χ4n) is 3.60. The van der Waals surface area contributed by atoms with Crippen molar-refractivity contribution in [2.75, 3.05) is 26.4 Å². The van der Waals surface area contributed by atoms with Gasteiger partial charge in [0.1, 0.15) is 5.82 Å². The number of nitrogens with zero attached hydrogens (tertiary/aromatic N) is 1. The van der Waals surface area contributed by atoms with Gasteiger partial charge in [-0.3, -0.25) is 4.90 Å². The third-order valence-corrected chi connectivity index (χ3v) is 4.64. The van der Waals surface area contributed by atoms with Gasteiger partial charge in [0.25, 0.3) is 0 Å². The van der Waals surface area contributed by atoms with E-state index in [2.05, 4.69) is 11.5 Å². The molecule has 0 unspecified atom stereocenters. The van der Waals surface area contributed by atoms with E-state index in [0.717, 1.165) is 44.7 Å². The van der Waals surface area contributed by atoms with Crippen molar-refractivity contribution in [3.05, 3.63) is 48.3 Å². The van der Waals surface area contributed by atoms with Gasteiger partial charge in [0.15, 0.2) is 0 Å². The number of morpholine rings is 1. The maximum Gasteiger partial charge on any atom is 0.123 e. The third-order valence-electron chi connectivity index (χ3n) is 4.64. The molecule has 1 saturated carbocycles. The van der Waals surface area contributed by atoms with Gasteiger partial charge in [0.05, 0.1) is 19.3 Å². The van der Waals surface area contributed by atoms with Crippen LogP contribution >= 0.6 is 0 Å². The summed E-state index contributed by atoms with van der Waals surface area (Å²) < 4.78 is 24.6. The highest BCUT2D eigenvalue weighted by Crippen LogP contribution is 2.35. The fraction of sp³-hybridized carbons (Fsp3) is 0.556. The zero-order chi connectivity index (χ0) is 15.4. The minimum atomic E-state index is -0.177. The highest BCUT2D eigenvalue weighted by atomic mass is 19.1. The molecule has 22 heavy (non-hydrogen) atoms. The van der Waals surface area contributed by atoms with Crippen LogP contribution in [0.4, 0.5) is 4.39 Å². The summed E-state index contributed by atoms with van der Waals surface area (Å²) >= 11 is 0. The molecule has 1 aromatic carbocycles. The molecule has 4 heteroatoms. The highest BCUT2D eigenvalue weighted by Gasteiger charge is 2.40. The first-order valence-electron chi connectivity index (χ1n) is 8.05. The Labute approximate surface area is 131 Å². The minimum Gasteiger partial charge on any atom is -0.377 e. The predicted molar refractivity (Wildman–Crippen MR) is 84.1 cm³/mol. The zero-order valence-electron chi connectivity index (χ0n) is 12.9. The molecular weight excluding hydrogens is 281 g/mol. The zero-order valence-corrected chi connectivity index (χ0v) is 12.9. The Balaban J connectivity index is 1.58. The molecule has 0 radical (unpaired) electrons. The summed E-state index contributed by atoms with van der Waals surface area (Å²) in [6, 6.07) is 7.27. The Morgan fingerprint density at radius 1 is 1.32 bits per heavy atom. The molecule has 3 rings (SSSR count). The molecule has 120 valence electrons. The van der Waals surface area contributed by atoms with Crippen molar-refractivity contribution >= 4 is 0 Å². The molecule has 2 aliphatic rings. The molecule has 1 saturated heterocycles. The van der Waals surface area contributed by atoms with Crippen LogP contribution in [0, 0.1) is 11.7 Å². The summed E-state index contributed by atoms with van der Waals surface area (Å²) in [6.07, 6.45) is 4.29. The minimum absolute atomic E-state index is 0.177. The van der Waals surface area contributed by atoms with E-state index in [0.29, 0.717) is 24.7 Å². The molecule has 0 spiro atoms. The average molecular weight is 305 g/mol. The van der Waals surface area contributed by atoms with Crippen molar-refractivity contribution in [2.24, 2.45) is 5.92 Å². The molecule has 0 N–H and O–H groups in total. The molecule has 0 bridgehead atoms. The molecule has 1 aromatic rings. The first-order valence-corrected chi connectivity index (χ1v) is 8.05. The maximum absolute atomic E-state index is 13.0. The van der Waals surface area contributed by atoms with Crippen molar-refractivity contribution in [2.45, 2.75) is 31.5 Å². The maximum atomic E-state index is 13.0. The van der Waals surface area contributed by atoms with E-state index in [9.17, 15) is 4.39 Å². The first kappa shape index (κ1) is 15.7. The second-order valence-corrected chi connectivity index (χ2v) is 6.24. The number of fused-ring (bicyclic) bond motifs is 1. The number of rotatable bonds is 6. The topological polar surface area (TPSA) is 21.7 Å². The molecule has 3 nitrogen and oxygen atoms in total. The van der Waals surface area contributed by atoms with Gasteiger partial charge in [-0.15, -0.1) is 6.58 Å². The monoisotopic (exact) mass is 305 g/mol. The second-order valence-electron chi connectivity index (χ2n) is 6.24. The summed E-state index contributed by atoms with van der Waals surface area (Å²) in [5.74, 6) is 0.382. The van der Waals surface area contributed by atoms with Gasteiger partial charge in [0, 0.05) is 25.7 Å². The first-order chi connectivity index (χ1) is 10.8. The van der Waals surface area contributed by atoms with Gasteiger partial charge in [0.2, 0.25) is 0 Å². The second kappa shape index (κ2) is 7.36. The Hall–Kier alpha value is -1.23. The van der Waals surface area contributed by atoms with Gasteiger partial charge < -0.3 is 9.47 Å². The fourth-order valence-corrected chi connectivity index (χ4v) is 3.60. The van der Waals surface area contributed by atoms with Gasteiger partial charge in [-0.2, -0.15) is 0 Å². The lowest BCUT2D eigenvalue weighted by Gasteiger charge is -2.37. The normalized spacial score (nSPS) is 28.5. The van der Waals surface area contributed by atoms with Crippen LogP contribution in [0.15, 0.2) is 36.9 Å². The molecule has 3 atom stereocenters. The number of hydrogen-bond donors (Lipinski definition) is 0. The Morgan fingerprint density at radius 2 is 2.14 bits per heavy atom. The van der Waals surface area contributed by atoms with Gasteiger partial charge in [-0.1, -0.05) is 18.2 Å². The lowest BCUT2D eigenvalue weighted by atomic mass is 10.1. The van der Waals surface area contributed by atoms with Crippen LogP contribution in [0.3, 0.4) is 0 Å². The lowest BCUT2D eigenvalue weighted by Crippen LogP contribution is -2.47. The number of benzene rings is 1. The molecule has 1 aliphatic carbocycles. The average Bonchev–Trinajstić information content (AvgIpc) is 2.94. The van der Waals surface area contributed by atoms with Gasteiger partial charge in [-0.05, 0) is 36.5 Å². The molecule has 1 aliphatic heterocycles. The molecule has 2 fully saturated rings. The summed E-state index contributed by atoms with van der Waals surface area (Å²) in [5, 5.41) is 0. The summed E-state index contributed by atoms with van der Waals surface area (Å²) in [4.78, 5) is 2.48. The van der Waals surface area contributed by atoms with Crippen LogP contribution in [-0.4, -0.2) is 43.4 Å². The van der Waals surface area contributed by atoms with Crippen LogP contribution < -0.4 is 0 Å². The summed E-state index contributed by atoms with van der Waals surface area (Å²) in [5.41, 5.74) is 1.16. The van der Waals surface area contributed by atoms with Crippen molar-refractivity contribution in [3.63, 3.8) is 0 Å². The number of halogens is 1. The highest BCUT2D eigenvalue weighted by molar-refractivity contribution is 5.16. The van der Waals surface area contributed by atoms with Gasteiger partial charge in [-0.25, -0.2) is 4.39 Å². The Kier molecular flexibility index (Phi) is 5.24. The third kappa shape index (κ3) is 3.75. The molecule has 0 aromatic heterocycles. The largest absolute Gasteiger partial charge is 0.377 e. The van der Waals surface area contributed by atoms with Crippen molar-refractivity contribution < 1.29 is 13.9 Å². The van der Waals surface area contributed by atoms with Crippen LogP contribution in [0.1, 0.15) is 18.4 Å². The van der Waals surface area contributed by atoms with Crippen molar-refractivity contribution in [1.82, 2.24) is 4.90 Å². The molecular formula is C18H24FNO2. The SMILES string of the molecule is C=CCOC[C@@H]1C[C@@H]2OCCN(Cc3ccc(F)cc3)[C@H]2C1. The van der Waals surface area contributed by atoms with Crippen LogP contribution in [-0.2, 0) is 16.0 Å². The van der Waals surface area contributed by atoms with Crippen LogP contribution in [0.25, 0.3) is 0 Å². The quantitative estimate of drug-likeness (QED) is 0.596. The smallest absolute Gasteiger partial charge is 0.123 e. The number of ether oxygens (including phenoxy) is 2.